The molecule has 0 aliphatic carbocycles. The van der Waals surface area contributed by atoms with Gasteiger partial charge in [-0.25, -0.2) is 4.98 Å². The van der Waals surface area contributed by atoms with Crippen molar-refractivity contribution in [2.45, 2.75) is 39.8 Å². The molecule has 0 aliphatic heterocycles. The Labute approximate surface area is 93.9 Å². The molecule has 0 aromatic carbocycles. The number of carbonyl (C=O) groups excluding carboxylic acids is 1. The van der Waals surface area contributed by atoms with E-state index < -0.39 is 5.91 Å². The lowest BCUT2D eigenvalue weighted by atomic mass is 10.2. The third kappa shape index (κ3) is 3.00. The summed E-state index contributed by atoms with van der Waals surface area (Å²) in [6, 6.07) is 0.606. The van der Waals surface area contributed by atoms with Gasteiger partial charge in [-0.1, -0.05) is 13.8 Å². The van der Waals surface area contributed by atoms with Crippen molar-refractivity contribution in [3.05, 3.63) is 15.6 Å². The predicted molar refractivity (Wildman–Crippen MR) is 62.1 cm³/mol. The zero-order valence-corrected chi connectivity index (χ0v) is 10.3. The minimum Gasteiger partial charge on any atom is -0.364 e. The van der Waals surface area contributed by atoms with Gasteiger partial charge in [-0.2, -0.15) is 0 Å². The third-order valence-electron chi connectivity index (χ3n) is 2.02. The van der Waals surface area contributed by atoms with E-state index in [0.29, 0.717) is 11.0 Å². The first-order valence-electron chi connectivity index (χ1n) is 4.95. The van der Waals surface area contributed by atoms with Crippen LogP contribution in [-0.2, 0) is 0 Å². The molecule has 4 nitrogen and oxygen atoms in total. The number of amides is 1. The van der Waals surface area contributed by atoms with Crippen LogP contribution >= 0.6 is 11.3 Å². The Morgan fingerprint density at radius 2 is 2.07 bits per heavy atom. The van der Waals surface area contributed by atoms with Gasteiger partial charge in [0.2, 0.25) is 0 Å². The van der Waals surface area contributed by atoms with E-state index in [4.69, 9.17) is 5.73 Å². The molecule has 1 atom stereocenters. The molecule has 1 amide bonds. The second-order valence-corrected chi connectivity index (χ2v) is 4.91. The summed E-state index contributed by atoms with van der Waals surface area (Å²) in [5.41, 5.74) is 6.07. The van der Waals surface area contributed by atoms with Crippen molar-refractivity contribution in [3.8, 4) is 0 Å². The van der Waals surface area contributed by atoms with E-state index in [2.05, 4.69) is 31.1 Å². The maximum absolute atomic E-state index is 11.0. The highest BCUT2D eigenvalue weighted by molar-refractivity contribution is 7.13. The molecule has 1 aromatic heterocycles. The van der Waals surface area contributed by atoms with Crippen LogP contribution in [-0.4, -0.2) is 16.9 Å². The maximum atomic E-state index is 11.0. The fourth-order valence-corrected chi connectivity index (χ4v) is 2.42. The average Bonchev–Trinajstić information content (AvgIpc) is 2.46. The molecular formula is C10H17N3OS. The first kappa shape index (κ1) is 12.1. The van der Waals surface area contributed by atoms with Gasteiger partial charge in [0.15, 0.2) is 5.01 Å². The molecular weight excluding hydrogens is 210 g/mol. The van der Waals surface area contributed by atoms with E-state index in [-0.39, 0.29) is 6.04 Å². The van der Waals surface area contributed by atoms with Gasteiger partial charge >= 0.3 is 0 Å². The number of aromatic nitrogens is 1. The highest BCUT2D eigenvalue weighted by Gasteiger charge is 2.16. The minimum atomic E-state index is -0.453. The van der Waals surface area contributed by atoms with Crippen LogP contribution in [0.3, 0.4) is 0 Å². The zero-order valence-electron chi connectivity index (χ0n) is 9.50. The van der Waals surface area contributed by atoms with Crippen molar-refractivity contribution in [2.24, 2.45) is 5.73 Å². The molecule has 1 aromatic rings. The number of hydrogen-bond acceptors (Lipinski definition) is 4. The van der Waals surface area contributed by atoms with Gasteiger partial charge in [-0.05, 0) is 13.8 Å². The second kappa shape index (κ2) is 4.72. The van der Waals surface area contributed by atoms with E-state index in [1.165, 1.54) is 11.3 Å². The highest BCUT2D eigenvalue weighted by Crippen LogP contribution is 2.24. The van der Waals surface area contributed by atoms with E-state index in [0.717, 1.165) is 10.6 Å². The Balaban J connectivity index is 2.89. The molecule has 0 saturated heterocycles. The van der Waals surface area contributed by atoms with Crippen LogP contribution in [0.5, 0.6) is 0 Å². The lowest BCUT2D eigenvalue weighted by molar-refractivity contribution is 0.1000. The Morgan fingerprint density at radius 3 is 2.47 bits per heavy atom. The summed E-state index contributed by atoms with van der Waals surface area (Å²) >= 11 is 1.37. The molecule has 1 unspecified atom stereocenters. The molecule has 0 saturated carbocycles. The third-order valence-corrected chi connectivity index (χ3v) is 3.37. The van der Waals surface area contributed by atoms with E-state index in [1.807, 2.05) is 6.92 Å². The van der Waals surface area contributed by atoms with Crippen molar-refractivity contribution < 1.29 is 4.79 Å². The molecule has 5 heteroatoms. The van der Waals surface area contributed by atoms with Crippen molar-refractivity contribution in [1.29, 1.82) is 0 Å². The number of rotatable bonds is 4. The molecule has 15 heavy (non-hydrogen) atoms. The van der Waals surface area contributed by atoms with Crippen molar-refractivity contribution in [1.82, 2.24) is 10.3 Å². The van der Waals surface area contributed by atoms with Gasteiger partial charge in [0.25, 0.3) is 5.91 Å². The first-order valence-corrected chi connectivity index (χ1v) is 5.76. The topological polar surface area (TPSA) is 68.0 Å². The quantitative estimate of drug-likeness (QED) is 0.821. The molecule has 1 rings (SSSR count). The van der Waals surface area contributed by atoms with Gasteiger partial charge in [-0.3, -0.25) is 4.79 Å². The zero-order chi connectivity index (χ0) is 11.6. The monoisotopic (exact) mass is 227 g/mol. The summed E-state index contributed by atoms with van der Waals surface area (Å²) in [5, 5.41) is 3.76. The number of nitrogens with one attached hydrogen (secondary N) is 1. The van der Waals surface area contributed by atoms with E-state index in [1.54, 1.807) is 0 Å². The summed E-state index contributed by atoms with van der Waals surface area (Å²) in [5.74, 6) is -0.453. The number of thiazole rings is 1. The standard InChI is InChI=1S/C10H17N3OS/c1-5(2)12-6(3)8-7(4)13-10(15-8)9(11)14/h5-6,12H,1-4H3,(H2,11,14). The molecule has 0 radical (unpaired) electrons. The van der Waals surface area contributed by atoms with Crippen LogP contribution < -0.4 is 11.1 Å². The molecule has 1 heterocycles. The Hall–Kier alpha value is -0.940. The number of primary amides is 1. The first-order chi connectivity index (χ1) is 6.91. The van der Waals surface area contributed by atoms with Crippen LogP contribution in [0.1, 0.15) is 47.2 Å². The van der Waals surface area contributed by atoms with Gasteiger partial charge in [0.1, 0.15) is 0 Å². The number of carbonyl (C=O) groups is 1. The Morgan fingerprint density at radius 1 is 1.47 bits per heavy atom. The number of nitrogens with zero attached hydrogens (tertiary/aromatic N) is 1. The Kier molecular flexibility index (Phi) is 3.82. The van der Waals surface area contributed by atoms with Gasteiger partial charge in [0, 0.05) is 17.0 Å². The highest BCUT2D eigenvalue weighted by atomic mass is 32.1. The SMILES string of the molecule is Cc1nc(C(N)=O)sc1C(C)NC(C)C. The summed E-state index contributed by atoms with van der Waals surface area (Å²) < 4.78 is 0. The van der Waals surface area contributed by atoms with Crippen LogP contribution in [0.25, 0.3) is 0 Å². The summed E-state index contributed by atoms with van der Waals surface area (Å²) in [7, 11) is 0. The van der Waals surface area contributed by atoms with E-state index >= 15 is 0 Å². The number of nitrogens with two attached hydrogens (primary N) is 1. The van der Waals surface area contributed by atoms with Gasteiger partial charge in [0.05, 0.1) is 5.69 Å². The molecule has 0 bridgehead atoms. The molecule has 0 spiro atoms. The fraction of sp³-hybridized carbons (Fsp3) is 0.600. The van der Waals surface area contributed by atoms with Gasteiger partial charge in [-0.15, -0.1) is 11.3 Å². The lowest BCUT2D eigenvalue weighted by Crippen LogP contribution is -2.25. The van der Waals surface area contributed by atoms with Gasteiger partial charge < -0.3 is 11.1 Å². The summed E-state index contributed by atoms with van der Waals surface area (Å²) in [6.07, 6.45) is 0. The largest absolute Gasteiger partial charge is 0.364 e. The molecule has 84 valence electrons. The number of hydrogen-bond donors (Lipinski definition) is 2. The lowest BCUT2D eigenvalue weighted by Gasteiger charge is -2.15. The van der Waals surface area contributed by atoms with Crippen LogP contribution in [0.4, 0.5) is 0 Å². The Bertz CT molecular complexity index is 360. The molecule has 0 aliphatic rings. The summed E-state index contributed by atoms with van der Waals surface area (Å²) in [4.78, 5) is 16.2. The van der Waals surface area contributed by atoms with Crippen molar-refractivity contribution in [3.63, 3.8) is 0 Å². The maximum Gasteiger partial charge on any atom is 0.277 e. The van der Waals surface area contributed by atoms with Crippen molar-refractivity contribution in [2.75, 3.05) is 0 Å². The van der Waals surface area contributed by atoms with Crippen molar-refractivity contribution >= 4 is 17.2 Å². The minimum absolute atomic E-state index is 0.204. The molecule has 3 N–H and O–H groups in total. The summed E-state index contributed by atoms with van der Waals surface area (Å²) in [6.45, 7) is 8.13. The second-order valence-electron chi connectivity index (χ2n) is 3.88. The number of aryl methyl sites for hydroxylation is 1. The van der Waals surface area contributed by atoms with Crippen LogP contribution in [0.15, 0.2) is 0 Å². The fourth-order valence-electron chi connectivity index (χ4n) is 1.49. The predicted octanol–water partition coefficient (Wildman–Crippen LogP) is 1.61. The van der Waals surface area contributed by atoms with Crippen LogP contribution in [0.2, 0.25) is 0 Å². The average molecular weight is 227 g/mol. The van der Waals surface area contributed by atoms with E-state index in [9.17, 15) is 4.79 Å². The molecule has 0 fully saturated rings. The van der Waals surface area contributed by atoms with Crippen LogP contribution in [0, 0.1) is 6.92 Å². The normalized spacial score (nSPS) is 13.1. The smallest absolute Gasteiger partial charge is 0.277 e.